The molecule has 1 N–H and O–H groups in total. The van der Waals surface area contributed by atoms with Crippen LogP contribution in [0.4, 0.5) is 9.52 Å². The summed E-state index contributed by atoms with van der Waals surface area (Å²) in [5, 5.41) is 6.23. The normalized spacial score (nSPS) is 20.1. The fraction of sp³-hybridized carbons (Fsp3) is 0.474. The van der Waals surface area contributed by atoms with E-state index in [4.69, 9.17) is 4.98 Å². The van der Waals surface area contributed by atoms with Crippen molar-refractivity contribution in [3.8, 4) is 0 Å². The molecule has 5 nitrogen and oxygen atoms in total. The lowest BCUT2D eigenvalue weighted by Crippen LogP contribution is -2.45. The summed E-state index contributed by atoms with van der Waals surface area (Å²) in [6.45, 7) is 4.89. The Bertz CT molecular complexity index is 798. The van der Waals surface area contributed by atoms with Crippen LogP contribution >= 0.6 is 23.7 Å². The predicted octanol–water partition coefficient (Wildman–Crippen LogP) is 3.37. The van der Waals surface area contributed by atoms with Crippen LogP contribution in [0.25, 0.3) is 0 Å². The maximum absolute atomic E-state index is 13.6. The Morgan fingerprint density at radius 3 is 2.96 bits per heavy atom. The van der Waals surface area contributed by atoms with Crippen molar-refractivity contribution >= 4 is 34.8 Å². The number of halogens is 2. The van der Waals surface area contributed by atoms with E-state index in [0.29, 0.717) is 12.6 Å². The van der Waals surface area contributed by atoms with Gasteiger partial charge in [0.2, 0.25) is 5.91 Å². The maximum atomic E-state index is 13.6. The molecule has 2 aliphatic rings. The van der Waals surface area contributed by atoms with Crippen LogP contribution in [0.15, 0.2) is 29.6 Å². The molecule has 146 valence electrons. The minimum Gasteiger partial charge on any atom is -0.314 e. The van der Waals surface area contributed by atoms with Gasteiger partial charge in [-0.25, -0.2) is 9.37 Å². The average Bonchev–Trinajstić information content (AvgIpc) is 3.34. The van der Waals surface area contributed by atoms with E-state index < -0.39 is 0 Å². The number of carbonyl (C=O) groups excluding carboxylic acids is 1. The van der Waals surface area contributed by atoms with E-state index in [1.807, 2.05) is 16.3 Å². The number of anilines is 1. The summed E-state index contributed by atoms with van der Waals surface area (Å²) in [7, 11) is 0. The molecule has 0 bridgehead atoms. The van der Waals surface area contributed by atoms with Crippen LogP contribution in [-0.2, 0) is 11.3 Å². The Labute approximate surface area is 169 Å². The van der Waals surface area contributed by atoms with Gasteiger partial charge in [0.25, 0.3) is 0 Å². The van der Waals surface area contributed by atoms with E-state index >= 15 is 0 Å². The monoisotopic (exact) mass is 410 g/mol. The number of piperazine rings is 1. The minimum atomic E-state index is -0.203. The second kappa shape index (κ2) is 8.65. The van der Waals surface area contributed by atoms with Gasteiger partial charge in [-0.2, -0.15) is 0 Å². The van der Waals surface area contributed by atoms with Crippen molar-refractivity contribution in [3.05, 3.63) is 46.7 Å². The molecule has 1 unspecified atom stereocenters. The van der Waals surface area contributed by atoms with Gasteiger partial charge < -0.3 is 5.32 Å². The van der Waals surface area contributed by atoms with E-state index in [-0.39, 0.29) is 30.2 Å². The van der Waals surface area contributed by atoms with Crippen molar-refractivity contribution in [2.75, 3.05) is 24.5 Å². The molecule has 1 aliphatic heterocycles. The van der Waals surface area contributed by atoms with Crippen LogP contribution in [0.2, 0.25) is 0 Å². The van der Waals surface area contributed by atoms with Crippen molar-refractivity contribution < 1.29 is 9.18 Å². The van der Waals surface area contributed by atoms with Gasteiger partial charge in [-0.3, -0.25) is 14.6 Å². The maximum Gasteiger partial charge on any atom is 0.225 e. The van der Waals surface area contributed by atoms with Gasteiger partial charge in [0.05, 0.1) is 5.69 Å². The van der Waals surface area contributed by atoms with E-state index in [1.54, 1.807) is 19.1 Å². The lowest BCUT2D eigenvalue weighted by Gasteiger charge is -2.36. The summed E-state index contributed by atoms with van der Waals surface area (Å²) in [6.07, 6.45) is 2.13. The second-order valence-corrected chi connectivity index (χ2v) is 7.82. The van der Waals surface area contributed by atoms with Gasteiger partial charge in [-0.1, -0.05) is 12.1 Å². The van der Waals surface area contributed by atoms with Crippen LogP contribution in [0.1, 0.15) is 37.1 Å². The Morgan fingerprint density at radius 2 is 2.26 bits per heavy atom. The minimum absolute atomic E-state index is 0. The topological polar surface area (TPSA) is 48.5 Å². The van der Waals surface area contributed by atoms with E-state index in [2.05, 4.69) is 10.2 Å². The highest BCUT2D eigenvalue weighted by atomic mass is 35.5. The van der Waals surface area contributed by atoms with Gasteiger partial charge in [-0.15, -0.1) is 23.7 Å². The highest BCUT2D eigenvalue weighted by Crippen LogP contribution is 2.34. The lowest BCUT2D eigenvalue weighted by molar-refractivity contribution is -0.116. The molecule has 1 aromatic carbocycles. The first-order valence-electron chi connectivity index (χ1n) is 9.06. The number of rotatable bonds is 5. The highest BCUT2D eigenvalue weighted by molar-refractivity contribution is 7.14. The molecule has 0 spiro atoms. The first-order chi connectivity index (χ1) is 12.6. The van der Waals surface area contributed by atoms with E-state index in [1.165, 1.54) is 17.4 Å². The van der Waals surface area contributed by atoms with Crippen LogP contribution in [0.3, 0.4) is 0 Å². The quantitative estimate of drug-likeness (QED) is 0.821. The summed E-state index contributed by atoms with van der Waals surface area (Å²) in [6, 6.07) is 7.28. The number of thiazole rings is 1. The largest absolute Gasteiger partial charge is 0.314 e. The predicted molar refractivity (Wildman–Crippen MR) is 108 cm³/mol. The Balaban J connectivity index is 0.00000210. The van der Waals surface area contributed by atoms with Gasteiger partial charge in [0.15, 0.2) is 5.13 Å². The first kappa shape index (κ1) is 20.2. The summed E-state index contributed by atoms with van der Waals surface area (Å²) < 4.78 is 13.6. The Kier molecular flexibility index (Phi) is 6.47. The number of amides is 1. The molecule has 2 aromatic rings. The smallest absolute Gasteiger partial charge is 0.225 e. The third kappa shape index (κ3) is 4.66. The zero-order chi connectivity index (χ0) is 18.1. The molecule has 1 amide bonds. The summed E-state index contributed by atoms with van der Waals surface area (Å²) in [5.41, 5.74) is 1.95. The number of hydrogen-bond acceptors (Lipinski definition) is 5. The molecular weight excluding hydrogens is 387 g/mol. The van der Waals surface area contributed by atoms with Crippen molar-refractivity contribution in [3.63, 3.8) is 0 Å². The molecule has 1 atom stereocenters. The van der Waals surface area contributed by atoms with Gasteiger partial charge >= 0.3 is 0 Å². The highest BCUT2D eigenvalue weighted by Gasteiger charge is 2.34. The fourth-order valence-corrected chi connectivity index (χ4v) is 4.48. The molecule has 1 aliphatic carbocycles. The molecular formula is C19H24ClFN4OS. The number of aromatic nitrogens is 1. The Hall–Kier alpha value is -1.54. The number of benzene rings is 1. The van der Waals surface area contributed by atoms with Crippen LogP contribution in [0.5, 0.6) is 0 Å². The second-order valence-electron chi connectivity index (χ2n) is 6.99. The molecule has 2 fully saturated rings. The zero-order valence-corrected chi connectivity index (χ0v) is 16.9. The molecule has 1 saturated carbocycles. The van der Waals surface area contributed by atoms with Crippen LogP contribution < -0.4 is 10.2 Å². The molecule has 1 saturated heterocycles. The van der Waals surface area contributed by atoms with E-state index in [9.17, 15) is 9.18 Å². The Morgan fingerprint density at radius 1 is 1.44 bits per heavy atom. The number of nitrogens with one attached hydrogen (secondary N) is 1. The van der Waals surface area contributed by atoms with E-state index in [0.717, 1.165) is 48.9 Å². The molecule has 27 heavy (non-hydrogen) atoms. The van der Waals surface area contributed by atoms with Gasteiger partial charge in [0, 0.05) is 50.6 Å². The van der Waals surface area contributed by atoms with Crippen LogP contribution in [0, 0.1) is 5.82 Å². The number of hydrogen-bond donors (Lipinski definition) is 1. The van der Waals surface area contributed by atoms with Gasteiger partial charge in [0.1, 0.15) is 5.82 Å². The fourth-order valence-electron chi connectivity index (χ4n) is 3.55. The third-order valence-corrected chi connectivity index (χ3v) is 5.84. The van der Waals surface area contributed by atoms with Gasteiger partial charge in [-0.05, 0) is 30.5 Å². The summed E-state index contributed by atoms with van der Waals surface area (Å²) in [4.78, 5) is 20.8. The standard InChI is InChI=1S/C19H23FN4OS.ClH/c1-13(25)24(17-5-6-17)19-22-16(12-26-19)11-23-8-7-21-10-18(23)14-3-2-4-15(20)9-14;/h2-4,9,12,17-18,21H,5-8,10-11H2,1H3;1H. The summed E-state index contributed by atoms with van der Waals surface area (Å²) >= 11 is 1.53. The van der Waals surface area contributed by atoms with Crippen LogP contribution in [-0.4, -0.2) is 41.5 Å². The molecule has 0 radical (unpaired) electrons. The zero-order valence-electron chi connectivity index (χ0n) is 15.2. The third-order valence-electron chi connectivity index (χ3n) is 4.95. The average molecular weight is 411 g/mol. The van der Waals surface area contributed by atoms with Crippen molar-refractivity contribution in [2.24, 2.45) is 0 Å². The lowest BCUT2D eigenvalue weighted by atomic mass is 10.0. The van der Waals surface area contributed by atoms with Crippen molar-refractivity contribution in [2.45, 2.75) is 38.4 Å². The number of nitrogens with zero attached hydrogens (tertiary/aromatic N) is 3. The summed E-state index contributed by atoms with van der Waals surface area (Å²) in [5.74, 6) is -0.140. The SMILES string of the molecule is CC(=O)N(c1nc(CN2CCNCC2c2cccc(F)c2)cs1)C1CC1.Cl. The molecule has 1 aromatic heterocycles. The molecule has 4 rings (SSSR count). The molecule has 8 heteroatoms. The van der Waals surface area contributed by atoms with Crippen molar-refractivity contribution in [1.82, 2.24) is 15.2 Å². The van der Waals surface area contributed by atoms with Crippen molar-refractivity contribution in [1.29, 1.82) is 0 Å². The first-order valence-corrected chi connectivity index (χ1v) is 9.94. The molecule has 2 heterocycles. The number of carbonyl (C=O) groups is 1.